The predicted octanol–water partition coefficient (Wildman–Crippen LogP) is 3.82. The Hall–Kier alpha value is -1.02. The van der Waals surface area contributed by atoms with Crippen molar-refractivity contribution in [3.05, 3.63) is 30.3 Å². The minimum Gasteiger partial charge on any atom is -0.371 e. The molecule has 1 aliphatic heterocycles. The molecule has 2 fully saturated rings. The quantitative estimate of drug-likeness (QED) is 0.896. The molecule has 0 spiro atoms. The van der Waals surface area contributed by atoms with Crippen molar-refractivity contribution < 1.29 is 0 Å². The van der Waals surface area contributed by atoms with E-state index < -0.39 is 0 Å². The van der Waals surface area contributed by atoms with Gasteiger partial charge in [-0.25, -0.2) is 0 Å². The highest BCUT2D eigenvalue weighted by Crippen LogP contribution is 2.28. The second-order valence-corrected chi connectivity index (χ2v) is 6.60. The lowest BCUT2D eigenvalue weighted by Crippen LogP contribution is -2.47. The van der Waals surface area contributed by atoms with E-state index in [4.69, 9.17) is 0 Å². The van der Waals surface area contributed by atoms with Crippen molar-refractivity contribution in [2.24, 2.45) is 5.92 Å². The van der Waals surface area contributed by atoms with Gasteiger partial charge in [-0.2, -0.15) is 0 Å². The highest BCUT2D eigenvalue weighted by molar-refractivity contribution is 5.46. The molecule has 1 aromatic carbocycles. The van der Waals surface area contributed by atoms with Crippen molar-refractivity contribution in [3.63, 3.8) is 0 Å². The maximum Gasteiger partial charge on any atom is 0.0366 e. The van der Waals surface area contributed by atoms with Crippen LogP contribution in [0.4, 0.5) is 5.69 Å². The molecule has 1 aliphatic carbocycles. The number of anilines is 1. The largest absolute Gasteiger partial charge is 0.371 e. The molecular formula is C18H28N2. The molecule has 110 valence electrons. The average molecular weight is 272 g/mol. The van der Waals surface area contributed by atoms with E-state index in [1.165, 1.54) is 57.3 Å². The van der Waals surface area contributed by atoms with Crippen molar-refractivity contribution in [3.8, 4) is 0 Å². The molecule has 0 bridgehead atoms. The molecular weight excluding hydrogens is 244 g/mol. The zero-order valence-electron chi connectivity index (χ0n) is 12.7. The van der Waals surface area contributed by atoms with Gasteiger partial charge >= 0.3 is 0 Å². The first-order valence-electron chi connectivity index (χ1n) is 8.39. The molecule has 1 atom stereocenters. The van der Waals surface area contributed by atoms with Gasteiger partial charge in [0.2, 0.25) is 0 Å². The zero-order chi connectivity index (χ0) is 13.8. The molecule has 0 aromatic heterocycles. The molecule has 0 amide bonds. The Bertz CT molecular complexity index is 389. The van der Waals surface area contributed by atoms with E-state index in [0.717, 1.165) is 12.0 Å². The summed E-state index contributed by atoms with van der Waals surface area (Å²) in [5.41, 5.74) is 1.38. The summed E-state index contributed by atoms with van der Waals surface area (Å²) < 4.78 is 0. The van der Waals surface area contributed by atoms with Crippen LogP contribution in [0.15, 0.2) is 30.3 Å². The van der Waals surface area contributed by atoms with Gasteiger partial charge in [-0.1, -0.05) is 31.0 Å². The van der Waals surface area contributed by atoms with Gasteiger partial charge in [0.05, 0.1) is 0 Å². The SMILES string of the molecule is CC(NC1CCN(c2ccccc2)CC1)C1CCCC1. The summed E-state index contributed by atoms with van der Waals surface area (Å²) in [6, 6.07) is 12.3. The first-order chi connectivity index (χ1) is 9.83. The van der Waals surface area contributed by atoms with Crippen molar-refractivity contribution >= 4 is 5.69 Å². The fraction of sp³-hybridized carbons (Fsp3) is 0.667. The van der Waals surface area contributed by atoms with E-state index in [1.54, 1.807) is 0 Å². The number of nitrogens with one attached hydrogen (secondary N) is 1. The Balaban J connectivity index is 1.46. The molecule has 2 aliphatic rings. The monoisotopic (exact) mass is 272 g/mol. The van der Waals surface area contributed by atoms with E-state index in [9.17, 15) is 0 Å². The van der Waals surface area contributed by atoms with Crippen LogP contribution in [0.25, 0.3) is 0 Å². The first kappa shape index (κ1) is 13.9. The number of hydrogen-bond acceptors (Lipinski definition) is 2. The van der Waals surface area contributed by atoms with Crippen LogP contribution in [-0.2, 0) is 0 Å². The van der Waals surface area contributed by atoms with Gasteiger partial charge in [0.15, 0.2) is 0 Å². The molecule has 1 saturated carbocycles. The van der Waals surface area contributed by atoms with E-state index in [-0.39, 0.29) is 0 Å². The summed E-state index contributed by atoms with van der Waals surface area (Å²) in [7, 11) is 0. The molecule has 2 nitrogen and oxygen atoms in total. The summed E-state index contributed by atoms with van der Waals surface area (Å²) >= 11 is 0. The summed E-state index contributed by atoms with van der Waals surface area (Å²) in [4.78, 5) is 2.53. The summed E-state index contributed by atoms with van der Waals surface area (Å²) in [5.74, 6) is 0.933. The lowest BCUT2D eigenvalue weighted by Gasteiger charge is -2.36. The van der Waals surface area contributed by atoms with Crippen LogP contribution in [0.2, 0.25) is 0 Å². The van der Waals surface area contributed by atoms with Gasteiger partial charge in [-0.05, 0) is 50.7 Å². The highest BCUT2D eigenvalue weighted by atomic mass is 15.1. The normalized spacial score (nSPS) is 23.1. The maximum atomic E-state index is 3.91. The van der Waals surface area contributed by atoms with Gasteiger partial charge in [0.1, 0.15) is 0 Å². The number of piperidine rings is 1. The fourth-order valence-electron chi connectivity index (χ4n) is 3.91. The Morgan fingerprint density at radius 3 is 2.30 bits per heavy atom. The molecule has 2 heteroatoms. The standard InChI is InChI=1S/C18H28N2/c1-15(16-7-5-6-8-16)19-17-11-13-20(14-12-17)18-9-3-2-4-10-18/h2-4,9-10,15-17,19H,5-8,11-14H2,1H3. The van der Waals surface area contributed by atoms with Gasteiger partial charge in [-0.15, -0.1) is 0 Å². The Morgan fingerprint density at radius 2 is 1.65 bits per heavy atom. The van der Waals surface area contributed by atoms with Crippen molar-refractivity contribution in [2.75, 3.05) is 18.0 Å². The third-order valence-corrected chi connectivity index (χ3v) is 5.22. The van der Waals surface area contributed by atoms with Crippen molar-refractivity contribution in [2.45, 2.75) is 57.5 Å². The van der Waals surface area contributed by atoms with Gasteiger partial charge in [0.25, 0.3) is 0 Å². The number of nitrogens with zero attached hydrogens (tertiary/aromatic N) is 1. The topological polar surface area (TPSA) is 15.3 Å². The van der Waals surface area contributed by atoms with Crippen LogP contribution in [-0.4, -0.2) is 25.2 Å². The molecule has 1 aromatic rings. The summed E-state index contributed by atoms with van der Waals surface area (Å²) in [5, 5.41) is 3.91. The second-order valence-electron chi connectivity index (χ2n) is 6.60. The highest BCUT2D eigenvalue weighted by Gasteiger charge is 2.25. The van der Waals surface area contributed by atoms with Crippen LogP contribution in [0.3, 0.4) is 0 Å². The lowest BCUT2D eigenvalue weighted by molar-refractivity contribution is 0.310. The average Bonchev–Trinajstić information content (AvgIpc) is 3.03. The van der Waals surface area contributed by atoms with E-state index in [0.29, 0.717) is 6.04 Å². The number of hydrogen-bond donors (Lipinski definition) is 1. The number of benzene rings is 1. The molecule has 1 unspecified atom stereocenters. The lowest BCUT2D eigenvalue weighted by atomic mass is 9.96. The second kappa shape index (κ2) is 6.62. The minimum absolute atomic E-state index is 0.714. The Labute approximate surface area is 123 Å². The van der Waals surface area contributed by atoms with Crippen molar-refractivity contribution in [1.29, 1.82) is 0 Å². The molecule has 0 radical (unpaired) electrons. The fourth-order valence-corrected chi connectivity index (χ4v) is 3.91. The summed E-state index contributed by atoms with van der Waals surface area (Å²) in [6.07, 6.45) is 8.35. The van der Waals surface area contributed by atoms with Crippen LogP contribution in [0, 0.1) is 5.92 Å². The van der Waals surface area contributed by atoms with Crippen LogP contribution < -0.4 is 10.2 Å². The zero-order valence-corrected chi connectivity index (χ0v) is 12.7. The first-order valence-corrected chi connectivity index (χ1v) is 8.39. The molecule has 1 saturated heterocycles. The Morgan fingerprint density at radius 1 is 1.00 bits per heavy atom. The molecule has 1 heterocycles. The van der Waals surface area contributed by atoms with Gasteiger partial charge < -0.3 is 10.2 Å². The van der Waals surface area contributed by atoms with Crippen LogP contribution in [0.5, 0.6) is 0 Å². The number of rotatable bonds is 4. The Kier molecular flexibility index (Phi) is 4.62. The predicted molar refractivity (Wildman–Crippen MR) is 86.2 cm³/mol. The maximum absolute atomic E-state index is 3.91. The van der Waals surface area contributed by atoms with Crippen LogP contribution in [0.1, 0.15) is 45.4 Å². The van der Waals surface area contributed by atoms with E-state index in [1.807, 2.05) is 0 Å². The third-order valence-electron chi connectivity index (χ3n) is 5.22. The van der Waals surface area contributed by atoms with Gasteiger partial charge in [0, 0.05) is 30.9 Å². The molecule has 3 rings (SSSR count). The third kappa shape index (κ3) is 3.35. The van der Waals surface area contributed by atoms with Crippen LogP contribution >= 0.6 is 0 Å². The molecule has 20 heavy (non-hydrogen) atoms. The minimum atomic E-state index is 0.714. The summed E-state index contributed by atoms with van der Waals surface area (Å²) in [6.45, 7) is 4.79. The van der Waals surface area contributed by atoms with Crippen molar-refractivity contribution in [1.82, 2.24) is 5.32 Å². The van der Waals surface area contributed by atoms with E-state index >= 15 is 0 Å². The molecule has 1 N–H and O–H groups in total. The smallest absolute Gasteiger partial charge is 0.0366 e. The van der Waals surface area contributed by atoms with E-state index in [2.05, 4.69) is 47.5 Å². The number of para-hydroxylation sites is 1. The van der Waals surface area contributed by atoms with Gasteiger partial charge in [-0.3, -0.25) is 0 Å².